The Labute approximate surface area is 170 Å². The van der Waals surface area contributed by atoms with Gasteiger partial charge in [0, 0.05) is 19.2 Å². The molecule has 2 aliphatic carbocycles. The zero-order valence-corrected chi connectivity index (χ0v) is 19.0. The SMILES string of the molecule is CCN1CCC(N)CC1.CNC1CCC(C)CC1.COC1CCC(C)CC1. The van der Waals surface area contributed by atoms with Crippen molar-refractivity contribution in [3.05, 3.63) is 0 Å². The first-order chi connectivity index (χ1) is 13.0. The summed E-state index contributed by atoms with van der Waals surface area (Å²) in [5.74, 6) is 1.92. The van der Waals surface area contributed by atoms with Crippen LogP contribution in [-0.2, 0) is 4.74 Å². The van der Waals surface area contributed by atoms with Gasteiger partial charge in [-0.2, -0.15) is 0 Å². The number of nitrogens with one attached hydrogen (secondary N) is 1. The highest BCUT2D eigenvalue weighted by Crippen LogP contribution is 2.24. The average Bonchev–Trinajstić information content (AvgIpc) is 2.71. The number of nitrogens with zero attached hydrogens (tertiary/aromatic N) is 1. The van der Waals surface area contributed by atoms with Gasteiger partial charge in [0.15, 0.2) is 0 Å². The van der Waals surface area contributed by atoms with E-state index in [1.807, 2.05) is 7.11 Å². The summed E-state index contributed by atoms with van der Waals surface area (Å²) in [6.07, 6.45) is 13.8. The Bertz CT molecular complexity index is 276. The molecule has 3 fully saturated rings. The maximum Gasteiger partial charge on any atom is 0.0571 e. The number of hydrogen-bond donors (Lipinski definition) is 2. The molecule has 0 aromatic carbocycles. The molecule has 2 saturated carbocycles. The van der Waals surface area contributed by atoms with Crippen molar-refractivity contribution in [3.8, 4) is 0 Å². The molecule has 0 spiro atoms. The molecule has 27 heavy (non-hydrogen) atoms. The first-order valence-electron chi connectivity index (χ1n) is 11.7. The molecule has 1 aliphatic heterocycles. The highest BCUT2D eigenvalue weighted by atomic mass is 16.5. The number of methoxy groups -OCH3 is 1. The molecule has 3 aliphatic rings. The van der Waals surface area contributed by atoms with Gasteiger partial charge in [-0.25, -0.2) is 0 Å². The van der Waals surface area contributed by atoms with E-state index < -0.39 is 0 Å². The standard InChI is InChI=1S/C8H17N.C8H16O.C7H16N2/c2*1-7-3-5-8(9-2)6-4-7;1-2-9-5-3-7(8)4-6-9/h7-9H,3-6H2,1-2H3;7-8H,3-6H2,1-2H3;7H,2-6,8H2,1H3. The lowest BCUT2D eigenvalue weighted by Gasteiger charge is -2.28. The molecule has 0 bridgehead atoms. The average molecular weight is 384 g/mol. The third kappa shape index (κ3) is 11.4. The second-order valence-corrected chi connectivity index (χ2v) is 9.13. The Morgan fingerprint density at radius 1 is 0.852 bits per heavy atom. The van der Waals surface area contributed by atoms with Crippen molar-refractivity contribution in [1.29, 1.82) is 0 Å². The molecule has 1 heterocycles. The van der Waals surface area contributed by atoms with E-state index in [-0.39, 0.29) is 0 Å². The minimum Gasteiger partial charge on any atom is -0.381 e. The van der Waals surface area contributed by atoms with Crippen LogP contribution < -0.4 is 11.1 Å². The molecule has 0 aromatic heterocycles. The van der Waals surface area contributed by atoms with E-state index in [0.717, 1.165) is 17.9 Å². The van der Waals surface area contributed by atoms with Crippen molar-refractivity contribution in [2.45, 2.75) is 103 Å². The Morgan fingerprint density at radius 2 is 1.33 bits per heavy atom. The second-order valence-electron chi connectivity index (χ2n) is 9.13. The van der Waals surface area contributed by atoms with Crippen molar-refractivity contribution < 1.29 is 4.74 Å². The fourth-order valence-electron chi connectivity index (χ4n) is 4.28. The fourth-order valence-corrected chi connectivity index (χ4v) is 4.28. The van der Waals surface area contributed by atoms with E-state index in [1.165, 1.54) is 83.8 Å². The predicted molar refractivity (Wildman–Crippen MR) is 118 cm³/mol. The maximum atomic E-state index is 5.72. The lowest BCUT2D eigenvalue weighted by molar-refractivity contribution is 0.0593. The number of likely N-dealkylation sites (tertiary alicyclic amines) is 1. The third-order valence-electron chi connectivity index (χ3n) is 6.80. The van der Waals surface area contributed by atoms with Gasteiger partial charge in [-0.3, -0.25) is 0 Å². The summed E-state index contributed by atoms with van der Waals surface area (Å²) >= 11 is 0. The summed E-state index contributed by atoms with van der Waals surface area (Å²) in [6.45, 7) is 10.5. The Morgan fingerprint density at radius 3 is 1.74 bits per heavy atom. The minimum atomic E-state index is 0.479. The lowest BCUT2D eigenvalue weighted by Crippen LogP contribution is -2.39. The van der Waals surface area contributed by atoms with Crippen molar-refractivity contribution in [2.75, 3.05) is 33.8 Å². The number of ether oxygens (including phenoxy) is 1. The van der Waals surface area contributed by atoms with Crippen LogP contribution in [0.25, 0.3) is 0 Å². The van der Waals surface area contributed by atoms with Gasteiger partial charge in [0.05, 0.1) is 6.10 Å². The normalized spacial score (nSPS) is 32.7. The largest absolute Gasteiger partial charge is 0.381 e. The second kappa shape index (κ2) is 14.8. The number of hydrogen-bond acceptors (Lipinski definition) is 4. The van der Waals surface area contributed by atoms with Crippen LogP contribution in [-0.4, -0.2) is 56.9 Å². The van der Waals surface area contributed by atoms with E-state index in [1.54, 1.807) is 0 Å². The van der Waals surface area contributed by atoms with E-state index in [2.05, 4.69) is 38.0 Å². The van der Waals surface area contributed by atoms with Crippen molar-refractivity contribution in [2.24, 2.45) is 17.6 Å². The molecule has 3 rings (SSSR count). The lowest BCUT2D eigenvalue weighted by atomic mass is 9.87. The highest BCUT2D eigenvalue weighted by molar-refractivity contribution is 4.73. The van der Waals surface area contributed by atoms with Crippen LogP contribution in [0.1, 0.15) is 85.0 Å². The number of rotatable bonds is 3. The van der Waals surface area contributed by atoms with Crippen LogP contribution in [0.5, 0.6) is 0 Å². The fraction of sp³-hybridized carbons (Fsp3) is 1.00. The monoisotopic (exact) mass is 383 g/mol. The molecule has 3 N–H and O–H groups in total. The number of piperidine rings is 1. The predicted octanol–water partition coefficient (Wildman–Crippen LogP) is 4.43. The van der Waals surface area contributed by atoms with Gasteiger partial charge in [0.2, 0.25) is 0 Å². The summed E-state index contributed by atoms with van der Waals surface area (Å²) in [4.78, 5) is 2.45. The topological polar surface area (TPSA) is 50.5 Å². The molecule has 162 valence electrons. The van der Waals surface area contributed by atoms with Crippen LogP contribution in [0.2, 0.25) is 0 Å². The summed E-state index contributed by atoms with van der Waals surface area (Å²) in [5.41, 5.74) is 5.72. The summed E-state index contributed by atoms with van der Waals surface area (Å²) in [5, 5.41) is 3.32. The van der Waals surface area contributed by atoms with E-state index in [0.29, 0.717) is 12.1 Å². The van der Waals surface area contributed by atoms with Gasteiger partial charge in [0.25, 0.3) is 0 Å². The molecule has 0 radical (unpaired) electrons. The van der Waals surface area contributed by atoms with Crippen LogP contribution in [0.15, 0.2) is 0 Å². The van der Waals surface area contributed by atoms with Crippen molar-refractivity contribution in [1.82, 2.24) is 10.2 Å². The molecule has 4 heteroatoms. The Hall–Kier alpha value is -0.160. The molecular formula is C23H49N3O. The van der Waals surface area contributed by atoms with Gasteiger partial charge >= 0.3 is 0 Å². The summed E-state index contributed by atoms with van der Waals surface area (Å²) < 4.78 is 5.24. The van der Waals surface area contributed by atoms with Gasteiger partial charge in [-0.1, -0.05) is 20.8 Å². The zero-order chi connectivity index (χ0) is 20.1. The first kappa shape index (κ1) is 24.9. The highest BCUT2D eigenvalue weighted by Gasteiger charge is 2.17. The van der Waals surface area contributed by atoms with Crippen molar-refractivity contribution in [3.63, 3.8) is 0 Å². The van der Waals surface area contributed by atoms with E-state index in [4.69, 9.17) is 10.5 Å². The Kier molecular flexibility index (Phi) is 13.6. The van der Waals surface area contributed by atoms with Crippen LogP contribution >= 0.6 is 0 Å². The van der Waals surface area contributed by atoms with Crippen LogP contribution in [0.4, 0.5) is 0 Å². The quantitative estimate of drug-likeness (QED) is 0.757. The molecule has 0 amide bonds. The summed E-state index contributed by atoms with van der Waals surface area (Å²) in [7, 11) is 3.89. The van der Waals surface area contributed by atoms with Gasteiger partial charge in [0.1, 0.15) is 0 Å². The van der Waals surface area contributed by atoms with Crippen LogP contribution in [0, 0.1) is 11.8 Å². The van der Waals surface area contributed by atoms with Gasteiger partial charge in [-0.15, -0.1) is 0 Å². The first-order valence-corrected chi connectivity index (χ1v) is 11.7. The molecule has 0 atom stereocenters. The maximum absolute atomic E-state index is 5.72. The minimum absolute atomic E-state index is 0.479. The number of nitrogens with two attached hydrogens (primary N) is 1. The zero-order valence-electron chi connectivity index (χ0n) is 19.0. The Balaban J connectivity index is 0.000000202. The molecule has 4 nitrogen and oxygen atoms in total. The smallest absolute Gasteiger partial charge is 0.0571 e. The molecule has 0 aromatic rings. The molecule has 0 unspecified atom stereocenters. The van der Waals surface area contributed by atoms with Crippen LogP contribution in [0.3, 0.4) is 0 Å². The molecule has 1 saturated heterocycles. The third-order valence-corrected chi connectivity index (χ3v) is 6.80. The van der Waals surface area contributed by atoms with E-state index in [9.17, 15) is 0 Å². The molecular weight excluding hydrogens is 334 g/mol. The van der Waals surface area contributed by atoms with E-state index >= 15 is 0 Å². The van der Waals surface area contributed by atoms with Gasteiger partial charge < -0.3 is 20.7 Å². The van der Waals surface area contributed by atoms with Gasteiger partial charge in [-0.05, 0) is 103 Å². The summed E-state index contributed by atoms with van der Waals surface area (Å²) in [6, 6.07) is 1.30. The van der Waals surface area contributed by atoms with Crippen molar-refractivity contribution >= 4 is 0 Å².